The van der Waals surface area contributed by atoms with Gasteiger partial charge in [0.1, 0.15) is 11.9 Å². The average molecular weight is 266 g/mol. The summed E-state index contributed by atoms with van der Waals surface area (Å²) in [7, 11) is 0. The lowest BCUT2D eigenvalue weighted by Crippen LogP contribution is -2.36. The zero-order valence-electron chi connectivity index (χ0n) is 8.85. The van der Waals surface area contributed by atoms with Crippen LogP contribution in [-0.2, 0) is 6.42 Å². The molecule has 1 aliphatic rings. The summed E-state index contributed by atoms with van der Waals surface area (Å²) < 4.78 is 41.3. The molecule has 1 atom stereocenters. The standard InChI is InChI=1S/C11H11ClF3NO/c12-8-1-2-10-7(3-8)4-9(17-10)5-16-6-11(13,14)15/h1-3,9,16H,4-6H2. The van der Waals surface area contributed by atoms with Gasteiger partial charge in [0.25, 0.3) is 0 Å². The monoisotopic (exact) mass is 265 g/mol. The van der Waals surface area contributed by atoms with Crippen LogP contribution in [0.2, 0.25) is 5.02 Å². The second-order valence-corrected chi connectivity index (χ2v) is 4.38. The fraction of sp³-hybridized carbons (Fsp3) is 0.455. The maximum atomic E-state index is 11.9. The zero-order valence-corrected chi connectivity index (χ0v) is 9.61. The number of hydrogen-bond acceptors (Lipinski definition) is 2. The second kappa shape index (κ2) is 4.74. The summed E-state index contributed by atoms with van der Waals surface area (Å²) in [6, 6.07) is 5.22. The van der Waals surface area contributed by atoms with E-state index in [1.807, 2.05) is 0 Å². The molecular weight excluding hydrogens is 255 g/mol. The smallest absolute Gasteiger partial charge is 0.401 e. The van der Waals surface area contributed by atoms with E-state index in [1.54, 1.807) is 18.2 Å². The number of ether oxygens (including phenoxy) is 1. The van der Waals surface area contributed by atoms with Crippen LogP contribution in [0.15, 0.2) is 18.2 Å². The van der Waals surface area contributed by atoms with Gasteiger partial charge in [0.2, 0.25) is 0 Å². The fourth-order valence-electron chi connectivity index (χ4n) is 1.78. The zero-order chi connectivity index (χ0) is 12.5. The van der Waals surface area contributed by atoms with Gasteiger partial charge in [-0.2, -0.15) is 13.2 Å². The normalized spacial score (nSPS) is 18.9. The molecule has 0 bridgehead atoms. The van der Waals surface area contributed by atoms with Gasteiger partial charge in [0.05, 0.1) is 6.54 Å². The third-order valence-electron chi connectivity index (χ3n) is 2.46. The summed E-state index contributed by atoms with van der Waals surface area (Å²) in [5, 5.41) is 2.94. The van der Waals surface area contributed by atoms with Gasteiger partial charge in [-0.15, -0.1) is 0 Å². The van der Waals surface area contributed by atoms with E-state index in [1.165, 1.54) is 0 Å². The van der Waals surface area contributed by atoms with Crippen molar-refractivity contribution in [3.63, 3.8) is 0 Å². The number of hydrogen-bond donors (Lipinski definition) is 1. The summed E-state index contributed by atoms with van der Waals surface area (Å²) >= 11 is 5.82. The maximum absolute atomic E-state index is 11.9. The van der Waals surface area contributed by atoms with Crippen molar-refractivity contribution in [2.45, 2.75) is 18.7 Å². The summed E-state index contributed by atoms with van der Waals surface area (Å²) in [5.74, 6) is 0.702. The molecule has 0 amide bonds. The average Bonchev–Trinajstić information content (AvgIpc) is 2.57. The second-order valence-electron chi connectivity index (χ2n) is 3.94. The first-order valence-electron chi connectivity index (χ1n) is 5.16. The maximum Gasteiger partial charge on any atom is 0.401 e. The predicted molar refractivity (Wildman–Crippen MR) is 58.5 cm³/mol. The van der Waals surface area contributed by atoms with E-state index in [9.17, 15) is 13.2 Å². The van der Waals surface area contributed by atoms with Gasteiger partial charge in [-0.3, -0.25) is 0 Å². The Bertz CT molecular complexity index is 408. The molecule has 94 valence electrons. The summed E-state index contributed by atoms with van der Waals surface area (Å²) in [6.45, 7) is -0.824. The number of rotatable bonds is 3. The number of halogens is 4. The topological polar surface area (TPSA) is 21.3 Å². The Kier molecular flexibility index (Phi) is 3.49. The van der Waals surface area contributed by atoms with Crippen LogP contribution in [0.1, 0.15) is 5.56 Å². The SMILES string of the molecule is FC(F)(F)CNCC1Cc2cc(Cl)ccc2O1. The van der Waals surface area contributed by atoms with E-state index in [4.69, 9.17) is 16.3 Å². The molecule has 6 heteroatoms. The van der Waals surface area contributed by atoms with Crippen LogP contribution in [0, 0.1) is 0 Å². The Hall–Kier alpha value is -0.940. The van der Waals surface area contributed by atoms with Crippen LogP contribution in [0.5, 0.6) is 5.75 Å². The lowest BCUT2D eigenvalue weighted by atomic mass is 10.1. The highest BCUT2D eigenvalue weighted by Crippen LogP contribution is 2.30. The molecule has 1 aromatic carbocycles. The highest BCUT2D eigenvalue weighted by atomic mass is 35.5. The number of alkyl halides is 3. The lowest BCUT2D eigenvalue weighted by molar-refractivity contribution is -0.125. The largest absolute Gasteiger partial charge is 0.488 e. The van der Waals surface area contributed by atoms with Gasteiger partial charge >= 0.3 is 6.18 Å². The summed E-state index contributed by atoms with van der Waals surface area (Å²) in [4.78, 5) is 0. The minimum absolute atomic E-state index is 0.172. The predicted octanol–water partition coefficient (Wildman–Crippen LogP) is 2.80. The van der Waals surface area contributed by atoms with Crippen LogP contribution >= 0.6 is 11.6 Å². The summed E-state index contributed by atoms with van der Waals surface area (Å²) in [5.41, 5.74) is 0.941. The molecule has 0 saturated heterocycles. The van der Waals surface area contributed by atoms with E-state index >= 15 is 0 Å². The van der Waals surface area contributed by atoms with E-state index in [0.29, 0.717) is 17.2 Å². The first-order valence-corrected chi connectivity index (χ1v) is 5.54. The van der Waals surface area contributed by atoms with Crippen molar-refractivity contribution >= 4 is 11.6 Å². The van der Waals surface area contributed by atoms with E-state index in [2.05, 4.69) is 5.32 Å². The van der Waals surface area contributed by atoms with Gasteiger partial charge in [0, 0.05) is 18.0 Å². The molecule has 0 aromatic heterocycles. The van der Waals surface area contributed by atoms with Crippen molar-refractivity contribution in [2.24, 2.45) is 0 Å². The number of nitrogens with one attached hydrogen (secondary N) is 1. The highest BCUT2D eigenvalue weighted by Gasteiger charge is 2.28. The molecule has 17 heavy (non-hydrogen) atoms. The molecule has 1 aliphatic heterocycles. The first-order chi connectivity index (χ1) is 7.94. The third kappa shape index (κ3) is 3.51. The van der Waals surface area contributed by atoms with Crippen molar-refractivity contribution in [1.82, 2.24) is 5.32 Å². The molecule has 2 rings (SSSR count). The molecule has 1 unspecified atom stereocenters. The van der Waals surface area contributed by atoms with Crippen LogP contribution < -0.4 is 10.1 Å². The molecule has 1 heterocycles. The highest BCUT2D eigenvalue weighted by molar-refractivity contribution is 6.30. The van der Waals surface area contributed by atoms with Crippen molar-refractivity contribution < 1.29 is 17.9 Å². The van der Waals surface area contributed by atoms with E-state index < -0.39 is 12.7 Å². The van der Waals surface area contributed by atoms with E-state index in [-0.39, 0.29) is 12.6 Å². The van der Waals surface area contributed by atoms with Crippen molar-refractivity contribution in [3.05, 3.63) is 28.8 Å². The molecule has 0 spiro atoms. The van der Waals surface area contributed by atoms with Gasteiger partial charge in [0.15, 0.2) is 0 Å². The molecule has 0 saturated carbocycles. The van der Waals surface area contributed by atoms with Gasteiger partial charge < -0.3 is 10.1 Å². The minimum atomic E-state index is -4.19. The van der Waals surface area contributed by atoms with Crippen LogP contribution in [0.25, 0.3) is 0 Å². The van der Waals surface area contributed by atoms with E-state index in [0.717, 1.165) is 5.56 Å². The molecule has 0 fully saturated rings. The van der Waals surface area contributed by atoms with Gasteiger partial charge in [-0.05, 0) is 23.8 Å². The van der Waals surface area contributed by atoms with Crippen LogP contribution in [0.4, 0.5) is 13.2 Å². The lowest BCUT2D eigenvalue weighted by Gasteiger charge is -2.13. The van der Waals surface area contributed by atoms with Crippen LogP contribution in [-0.4, -0.2) is 25.4 Å². The molecular formula is C11H11ClF3NO. The molecule has 2 nitrogen and oxygen atoms in total. The van der Waals surface area contributed by atoms with Crippen molar-refractivity contribution in [2.75, 3.05) is 13.1 Å². The molecule has 1 N–H and O–H groups in total. The molecule has 0 radical (unpaired) electrons. The molecule has 1 aromatic rings. The van der Waals surface area contributed by atoms with Gasteiger partial charge in [-0.25, -0.2) is 0 Å². The number of fused-ring (bicyclic) bond motifs is 1. The molecule has 0 aliphatic carbocycles. The van der Waals surface area contributed by atoms with Crippen molar-refractivity contribution in [3.8, 4) is 5.75 Å². The summed E-state index contributed by atoms with van der Waals surface area (Å²) in [6.07, 6.45) is -3.86. The first kappa shape index (κ1) is 12.5. The number of benzene rings is 1. The Morgan fingerprint density at radius 3 is 2.88 bits per heavy atom. The Morgan fingerprint density at radius 2 is 2.18 bits per heavy atom. The Balaban J connectivity index is 1.84. The Morgan fingerprint density at radius 1 is 1.41 bits per heavy atom. The minimum Gasteiger partial charge on any atom is -0.488 e. The van der Waals surface area contributed by atoms with Gasteiger partial charge in [-0.1, -0.05) is 11.6 Å². The quantitative estimate of drug-likeness (QED) is 0.907. The van der Waals surface area contributed by atoms with Crippen LogP contribution in [0.3, 0.4) is 0 Å². The fourth-order valence-corrected chi connectivity index (χ4v) is 1.97. The third-order valence-corrected chi connectivity index (χ3v) is 2.70. The van der Waals surface area contributed by atoms with Crippen molar-refractivity contribution in [1.29, 1.82) is 0 Å². The Labute approximate surface area is 102 Å².